The first-order valence-corrected chi connectivity index (χ1v) is 11.3. The maximum absolute atomic E-state index is 13.6. The third kappa shape index (κ3) is 4.73. The van der Waals surface area contributed by atoms with E-state index in [-0.39, 0.29) is 24.1 Å². The van der Waals surface area contributed by atoms with Gasteiger partial charge in [-0.2, -0.15) is 0 Å². The zero-order valence-corrected chi connectivity index (χ0v) is 19.2. The van der Waals surface area contributed by atoms with Crippen LogP contribution in [0.3, 0.4) is 0 Å². The van der Waals surface area contributed by atoms with E-state index in [0.717, 1.165) is 17.7 Å². The second kappa shape index (κ2) is 10.1. The van der Waals surface area contributed by atoms with E-state index < -0.39 is 5.56 Å². The Labute approximate surface area is 197 Å². The summed E-state index contributed by atoms with van der Waals surface area (Å²) >= 11 is 0. The molecule has 34 heavy (non-hydrogen) atoms. The SMILES string of the molecule is CCC(=O)Nc1ccccc1-c1nc2ccccc2n(CC(=O)Nc2ccccc2CC)c1=O. The number of benzene rings is 3. The van der Waals surface area contributed by atoms with Crippen LogP contribution < -0.4 is 16.2 Å². The number of aryl methyl sites for hydroxylation is 1. The molecule has 4 aromatic rings. The standard InChI is InChI=1S/C27H26N4O3/c1-3-18-11-5-7-13-20(18)28-25(33)17-31-23-16-10-9-15-22(23)30-26(27(31)34)19-12-6-8-14-21(19)29-24(32)4-2/h5-16H,3-4,17H2,1-2H3,(H,28,33)(H,29,32). The van der Waals surface area contributed by atoms with Crippen molar-refractivity contribution >= 4 is 34.2 Å². The molecule has 0 fully saturated rings. The van der Waals surface area contributed by atoms with Gasteiger partial charge in [-0.15, -0.1) is 0 Å². The molecule has 2 amide bonds. The average molecular weight is 455 g/mol. The number of hydrogen-bond acceptors (Lipinski definition) is 4. The van der Waals surface area contributed by atoms with E-state index >= 15 is 0 Å². The summed E-state index contributed by atoms with van der Waals surface area (Å²) in [7, 11) is 0. The number of nitrogens with zero attached hydrogens (tertiary/aromatic N) is 2. The number of anilines is 2. The number of rotatable bonds is 7. The minimum Gasteiger partial charge on any atom is -0.325 e. The van der Waals surface area contributed by atoms with Gasteiger partial charge >= 0.3 is 0 Å². The van der Waals surface area contributed by atoms with E-state index in [1.165, 1.54) is 4.57 Å². The largest absolute Gasteiger partial charge is 0.325 e. The highest BCUT2D eigenvalue weighted by atomic mass is 16.2. The number of carbonyl (C=O) groups is 2. The van der Waals surface area contributed by atoms with E-state index in [1.54, 1.807) is 49.4 Å². The smallest absolute Gasteiger partial charge is 0.278 e. The number of amides is 2. The lowest BCUT2D eigenvalue weighted by atomic mass is 10.1. The second-order valence-corrected chi connectivity index (χ2v) is 7.85. The number of carbonyl (C=O) groups excluding carboxylic acids is 2. The van der Waals surface area contributed by atoms with Gasteiger partial charge in [-0.25, -0.2) is 4.98 Å². The van der Waals surface area contributed by atoms with Gasteiger partial charge in [-0.05, 0) is 36.2 Å². The maximum atomic E-state index is 13.6. The summed E-state index contributed by atoms with van der Waals surface area (Å²) in [6.07, 6.45) is 1.09. The Balaban J connectivity index is 1.78. The van der Waals surface area contributed by atoms with Gasteiger partial charge in [0.2, 0.25) is 11.8 Å². The molecule has 7 heteroatoms. The molecule has 0 radical (unpaired) electrons. The van der Waals surface area contributed by atoms with Crippen LogP contribution in [0.4, 0.5) is 11.4 Å². The van der Waals surface area contributed by atoms with Crippen molar-refractivity contribution in [2.24, 2.45) is 0 Å². The van der Waals surface area contributed by atoms with Crippen LogP contribution >= 0.6 is 0 Å². The van der Waals surface area contributed by atoms with Crippen molar-refractivity contribution < 1.29 is 9.59 Å². The number of para-hydroxylation sites is 4. The van der Waals surface area contributed by atoms with E-state index in [9.17, 15) is 14.4 Å². The van der Waals surface area contributed by atoms with Crippen LogP contribution in [0, 0.1) is 0 Å². The molecule has 7 nitrogen and oxygen atoms in total. The third-order valence-electron chi connectivity index (χ3n) is 5.60. The minimum absolute atomic E-state index is 0.164. The highest BCUT2D eigenvalue weighted by Gasteiger charge is 2.18. The molecule has 172 valence electrons. The Kier molecular flexibility index (Phi) is 6.82. The van der Waals surface area contributed by atoms with Crippen molar-refractivity contribution in [3.8, 4) is 11.3 Å². The lowest BCUT2D eigenvalue weighted by molar-refractivity contribution is -0.117. The quantitative estimate of drug-likeness (QED) is 0.426. The number of aromatic nitrogens is 2. The summed E-state index contributed by atoms with van der Waals surface area (Å²) in [5, 5.41) is 5.76. The topological polar surface area (TPSA) is 93.1 Å². The van der Waals surface area contributed by atoms with Crippen molar-refractivity contribution in [2.45, 2.75) is 33.2 Å². The lowest BCUT2D eigenvalue weighted by Gasteiger charge is -2.15. The average Bonchev–Trinajstić information content (AvgIpc) is 2.86. The summed E-state index contributed by atoms with van der Waals surface area (Å²) < 4.78 is 1.43. The molecule has 0 aliphatic rings. The fraction of sp³-hybridized carbons (Fsp3) is 0.185. The van der Waals surface area contributed by atoms with E-state index in [2.05, 4.69) is 15.6 Å². The first-order chi connectivity index (χ1) is 16.5. The molecule has 0 aliphatic heterocycles. The molecule has 1 heterocycles. The molecule has 0 aliphatic carbocycles. The molecule has 3 aromatic carbocycles. The van der Waals surface area contributed by atoms with Crippen LogP contribution in [0.2, 0.25) is 0 Å². The molecule has 0 saturated heterocycles. The van der Waals surface area contributed by atoms with Gasteiger partial charge in [0.15, 0.2) is 0 Å². The Bertz CT molecular complexity index is 1430. The highest BCUT2D eigenvalue weighted by molar-refractivity contribution is 5.96. The monoisotopic (exact) mass is 454 g/mol. The van der Waals surface area contributed by atoms with Crippen molar-refractivity contribution in [3.05, 3.63) is 88.7 Å². The molecule has 4 rings (SSSR count). The van der Waals surface area contributed by atoms with E-state index in [1.807, 2.05) is 37.3 Å². The maximum Gasteiger partial charge on any atom is 0.278 e. The van der Waals surface area contributed by atoms with Gasteiger partial charge in [0.25, 0.3) is 5.56 Å². The van der Waals surface area contributed by atoms with Crippen molar-refractivity contribution in [1.82, 2.24) is 9.55 Å². The summed E-state index contributed by atoms with van der Waals surface area (Å²) in [4.78, 5) is 43.2. The van der Waals surface area contributed by atoms with Gasteiger partial charge < -0.3 is 10.6 Å². The molecule has 0 atom stereocenters. The predicted octanol–water partition coefficient (Wildman–Crippen LogP) is 4.61. The fourth-order valence-corrected chi connectivity index (χ4v) is 3.85. The number of nitrogens with one attached hydrogen (secondary N) is 2. The molecule has 0 spiro atoms. The van der Waals surface area contributed by atoms with Gasteiger partial charge in [-0.1, -0.05) is 62.4 Å². The number of fused-ring (bicyclic) bond motifs is 1. The predicted molar refractivity (Wildman–Crippen MR) is 135 cm³/mol. The second-order valence-electron chi connectivity index (χ2n) is 7.85. The van der Waals surface area contributed by atoms with Crippen LogP contribution in [0.5, 0.6) is 0 Å². The summed E-state index contributed by atoms with van der Waals surface area (Å²) in [5.74, 6) is -0.472. The third-order valence-corrected chi connectivity index (χ3v) is 5.60. The van der Waals surface area contributed by atoms with Crippen molar-refractivity contribution in [1.29, 1.82) is 0 Å². The molecule has 0 bridgehead atoms. The van der Waals surface area contributed by atoms with Crippen molar-refractivity contribution in [2.75, 3.05) is 10.6 Å². The molecule has 0 unspecified atom stereocenters. The summed E-state index contributed by atoms with van der Waals surface area (Å²) in [6, 6.07) is 21.8. The van der Waals surface area contributed by atoms with E-state index in [0.29, 0.717) is 28.7 Å². The first kappa shape index (κ1) is 22.9. The molecule has 2 N–H and O–H groups in total. The summed E-state index contributed by atoms with van der Waals surface area (Å²) in [5.41, 5.74) is 3.66. The zero-order valence-electron chi connectivity index (χ0n) is 19.2. The first-order valence-electron chi connectivity index (χ1n) is 11.3. The highest BCUT2D eigenvalue weighted by Crippen LogP contribution is 2.26. The Hall–Kier alpha value is -4.26. The molecular formula is C27H26N4O3. The molecular weight excluding hydrogens is 428 g/mol. The Morgan fingerprint density at radius 2 is 1.47 bits per heavy atom. The molecule has 1 aromatic heterocycles. The summed E-state index contributed by atoms with van der Waals surface area (Å²) in [6.45, 7) is 3.61. The fourth-order valence-electron chi connectivity index (χ4n) is 3.85. The van der Waals surface area contributed by atoms with Gasteiger partial charge in [-0.3, -0.25) is 19.0 Å². The Morgan fingerprint density at radius 3 is 2.24 bits per heavy atom. The van der Waals surface area contributed by atoms with Crippen molar-refractivity contribution in [3.63, 3.8) is 0 Å². The molecule has 0 saturated carbocycles. The number of hydrogen-bond donors (Lipinski definition) is 2. The van der Waals surface area contributed by atoms with E-state index in [4.69, 9.17) is 0 Å². The van der Waals surface area contributed by atoms with Gasteiger partial charge in [0.05, 0.1) is 16.7 Å². The van der Waals surface area contributed by atoms with Gasteiger partial charge in [0, 0.05) is 17.7 Å². The van der Waals surface area contributed by atoms with Crippen LogP contribution in [0.15, 0.2) is 77.6 Å². The Morgan fingerprint density at radius 1 is 0.824 bits per heavy atom. The van der Waals surface area contributed by atoms with Crippen LogP contribution in [-0.4, -0.2) is 21.4 Å². The van der Waals surface area contributed by atoms with Crippen LogP contribution in [0.1, 0.15) is 25.8 Å². The lowest BCUT2D eigenvalue weighted by Crippen LogP contribution is -2.30. The zero-order chi connectivity index (χ0) is 24.1. The normalized spacial score (nSPS) is 10.8. The van der Waals surface area contributed by atoms with Gasteiger partial charge in [0.1, 0.15) is 12.2 Å². The van der Waals surface area contributed by atoms with Crippen LogP contribution in [-0.2, 0) is 22.6 Å². The minimum atomic E-state index is -0.407. The van der Waals surface area contributed by atoms with Crippen LogP contribution in [0.25, 0.3) is 22.3 Å².